The molecule has 1 rings (SSSR count). The number of para-hydroxylation sites is 1. The van der Waals surface area contributed by atoms with E-state index in [2.05, 4.69) is 11.9 Å². The Morgan fingerprint density at radius 3 is 2.88 bits per heavy atom. The molecule has 0 spiro atoms. The zero-order valence-electron chi connectivity index (χ0n) is 9.95. The van der Waals surface area contributed by atoms with Crippen LogP contribution in [0.3, 0.4) is 0 Å². The zero-order chi connectivity index (χ0) is 12.7. The minimum Gasteiger partial charge on any atom is -0.491 e. The quantitative estimate of drug-likeness (QED) is 0.784. The summed E-state index contributed by atoms with van der Waals surface area (Å²) in [6, 6.07) is 7.71. The second-order valence-corrected chi connectivity index (χ2v) is 4.41. The number of aliphatic hydroxyl groups excluding tert-OH is 1. The third-order valence-corrected chi connectivity index (χ3v) is 2.36. The molecule has 1 atom stereocenters. The molecule has 0 bridgehead atoms. The SMILES string of the molecule is C=C(Cl)CNCC(O)COc1ccccc1C. The van der Waals surface area contributed by atoms with Crippen LogP contribution in [0.2, 0.25) is 0 Å². The molecular formula is C13H18ClNO2. The van der Waals surface area contributed by atoms with Crippen LogP contribution in [0.1, 0.15) is 5.56 Å². The van der Waals surface area contributed by atoms with Gasteiger partial charge in [0.25, 0.3) is 0 Å². The molecule has 0 aliphatic heterocycles. The summed E-state index contributed by atoms with van der Waals surface area (Å²) in [6.07, 6.45) is -0.564. The van der Waals surface area contributed by atoms with Crippen LogP contribution in [0.5, 0.6) is 5.75 Å². The summed E-state index contributed by atoms with van der Waals surface area (Å²) >= 11 is 5.59. The molecule has 0 fully saturated rings. The normalized spacial score (nSPS) is 12.2. The van der Waals surface area contributed by atoms with Gasteiger partial charge in [0.05, 0.1) is 0 Å². The van der Waals surface area contributed by atoms with Gasteiger partial charge in [0, 0.05) is 18.1 Å². The topological polar surface area (TPSA) is 41.5 Å². The van der Waals surface area contributed by atoms with Gasteiger partial charge < -0.3 is 15.2 Å². The molecule has 0 saturated carbocycles. The number of nitrogens with one attached hydrogen (secondary N) is 1. The lowest BCUT2D eigenvalue weighted by atomic mass is 10.2. The molecule has 0 heterocycles. The van der Waals surface area contributed by atoms with Crippen LogP contribution in [0.15, 0.2) is 35.9 Å². The lowest BCUT2D eigenvalue weighted by Crippen LogP contribution is -2.32. The van der Waals surface area contributed by atoms with E-state index in [0.29, 0.717) is 18.1 Å². The third kappa shape index (κ3) is 5.73. The lowest BCUT2D eigenvalue weighted by molar-refractivity contribution is 0.107. The van der Waals surface area contributed by atoms with Crippen molar-refractivity contribution in [1.82, 2.24) is 5.32 Å². The van der Waals surface area contributed by atoms with E-state index in [9.17, 15) is 5.11 Å². The van der Waals surface area contributed by atoms with Gasteiger partial charge in [-0.2, -0.15) is 0 Å². The fraction of sp³-hybridized carbons (Fsp3) is 0.385. The first kappa shape index (κ1) is 14.0. The highest BCUT2D eigenvalue weighted by atomic mass is 35.5. The molecule has 1 unspecified atom stereocenters. The molecule has 0 aliphatic rings. The molecule has 0 aromatic heterocycles. The first-order valence-corrected chi connectivity index (χ1v) is 5.88. The van der Waals surface area contributed by atoms with Gasteiger partial charge in [-0.25, -0.2) is 0 Å². The molecule has 0 radical (unpaired) electrons. The summed E-state index contributed by atoms with van der Waals surface area (Å²) in [7, 11) is 0. The van der Waals surface area contributed by atoms with E-state index in [1.54, 1.807) is 0 Å². The Morgan fingerprint density at radius 1 is 1.53 bits per heavy atom. The second kappa shape index (κ2) is 7.33. The van der Waals surface area contributed by atoms with Crippen LogP contribution < -0.4 is 10.1 Å². The monoisotopic (exact) mass is 255 g/mol. The van der Waals surface area contributed by atoms with Crippen LogP contribution in [-0.4, -0.2) is 30.9 Å². The third-order valence-electron chi connectivity index (χ3n) is 2.22. The minimum atomic E-state index is -0.564. The Bertz CT molecular complexity index is 368. The van der Waals surface area contributed by atoms with E-state index < -0.39 is 6.10 Å². The fourth-order valence-corrected chi connectivity index (χ4v) is 1.43. The standard InChI is InChI=1S/C13H18ClNO2/c1-10-5-3-4-6-13(10)17-9-12(16)8-15-7-11(2)14/h3-6,12,15-16H,2,7-9H2,1H3. The van der Waals surface area contributed by atoms with E-state index in [1.807, 2.05) is 31.2 Å². The summed E-state index contributed by atoms with van der Waals surface area (Å²) in [6.45, 7) is 6.69. The van der Waals surface area contributed by atoms with Crippen molar-refractivity contribution in [3.8, 4) is 5.75 Å². The molecule has 4 heteroatoms. The maximum atomic E-state index is 9.65. The number of aliphatic hydroxyl groups is 1. The number of rotatable bonds is 7. The highest BCUT2D eigenvalue weighted by Gasteiger charge is 2.05. The van der Waals surface area contributed by atoms with Gasteiger partial charge in [-0.1, -0.05) is 36.4 Å². The minimum absolute atomic E-state index is 0.257. The maximum absolute atomic E-state index is 9.65. The molecule has 2 N–H and O–H groups in total. The van der Waals surface area contributed by atoms with Crippen molar-refractivity contribution in [3.63, 3.8) is 0 Å². The largest absolute Gasteiger partial charge is 0.491 e. The van der Waals surface area contributed by atoms with Crippen molar-refractivity contribution in [2.75, 3.05) is 19.7 Å². The number of hydrogen-bond donors (Lipinski definition) is 2. The van der Waals surface area contributed by atoms with Crippen LogP contribution in [0.4, 0.5) is 0 Å². The molecule has 0 aliphatic carbocycles. The number of ether oxygens (including phenoxy) is 1. The molecule has 1 aromatic carbocycles. The van der Waals surface area contributed by atoms with Gasteiger partial charge in [-0.15, -0.1) is 0 Å². The Labute approximate surface area is 107 Å². The van der Waals surface area contributed by atoms with Crippen molar-refractivity contribution in [2.24, 2.45) is 0 Å². The van der Waals surface area contributed by atoms with Crippen LogP contribution in [0.25, 0.3) is 0 Å². The Balaban J connectivity index is 2.26. The molecule has 17 heavy (non-hydrogen) atoms. The average Bonchev–Trinajstić information content (AvgIpc) is 2.27. The first-order valence-electron chi connectivity index (χ1n) is 5.50. The van der Waals surface area contributed by atoms with Gasteiger partial charge in [0.1, 0.15) is 18.5 Å². The summed E-state index contributed by atoms with van der Waals surface area (Å²) in [5.74, 6) is 0.799. The second-order valence-electron chi connectivity index (χ2n) is 3.88. The van der Waals surface area contributed by atoms with E-state index in [-0.39, 0.29) is 6.61 Å². The maximum Gasteiger partial charge on any atom is 0.122 e. The van der Waals surface area contributed by atoms with Gasteiger partial charge in [0.2, 0.25) is 0 Å². The van der Waals surface area contributed by atoms with Crippen LogP contribution in [-0.2, 0) is 0 Å². The number of benzene rings is 1. The summed E-state index contributed by atoms with van der Waals surface area (Å²) in [5.41, 5.74) is 1.06. The Kier molecular flexibility index (Phi) is 6.05. The number of hydrogen-bond acceptors (Lipinski definition) is 3. The molecule has 0 amide bonds. The van der Waals surface area contributed by atoms with Crippen LogP contribution in [0, 0.1) is 6.92 Å². The Hall–Kier alpha value is -1.03. The van der Waals surface area contributed by atoms with Gasteiger partial charge >= 0.3 is 0 Å². The first-order chi connectivity index (χ1) is 8.09. The van der Waals surface area contributed by atoms with E-state index >= 15 is 0 Å². The van der Waals surface area contributed by atoms with E-state index in [0.717, 1.165) is 11.3 Å². The summed E-state index contributed by atoms with van der Waals surface area (Å²) < 4.78 is 5.51. The predicted molar refractivity (Wildman–Crippen MR) is 70.5 cm³/mol. The molecule has 3 nitrogen and oxygen atoms in total. The highest BCUT2D eigenvalue weighted by Crippen LogP contribution is 2.16. The smallest absolute Gasteiger partial charge is 0.122 e. The lowest BCUT2D eigenvalue weighted by Gasteiger charge is -2.14. The molecule has 94 valence electrons. The van der Waals surface area contributed by atoms with Crippen molar-refractivity contribution < 1.29 is 9.84 Å². The van der Waals surface area contributed by atoms with Crippen molar-refractivity contribution in [3.05, 3.63) is 41.4 Å². The number of aryl methyl sites for hydroxylation is 1. The average molecular weight is 256 g/mol. The Morgan fingerprint density at radius 2 is 2.24 bits per heavy atom. The van der Waals surface area contributed by atoms with Crippen molar-refractivity contribution >= 4 is 11.6 Å². The highest BCUT2D eigenvalue weighted by molar-refractivity contribution is 6.29. The van der Waals surface area contributed by atoms with Crippen molar-refractivity contribution in [1.29, 1.82) is 0 Å². The zero-order valence-corrected chi connectivity index (χ0v) is 10.7. The summed E-state index contributed by atoms with van der Waals surface area (Å²) in [5, 5.41) is 13.2. The van der Waals surface area contributed by atoms with Gasteiger partial charge in [0.15, 0.2) is 0 Å². The molecular weight excluding hydrogens is 238 g/mol. The predicted octanol–water partition coefficient (Wildman–Crippen LogP) is 2.08. The molecule has 0 saturated heterocycles. The van der Waals surface area contributed by atoms with E-state index in [4.69, 9.17) is 16.3 Å². The van der Waals surface area contributed by atoms with Crippen LogP contribution >= 0.6 is 11.6 Å². The van der Waals surface area contributed by atoms with E-state index in [1.165, 1.54) is 0 Å². The summed E-state index contributed by atoms with van der Waals surface area (Å²) in [4.78, 5) is 0. The van der Waals surface area contributed by atoms with Gasteiger partial charge in [-0.3, -0.25) is 0 Å². The van der Waals surface area contributed by atoms with Crippen molar-refractivity contribution in [2.45, 2.75) is 13.0 Å². The molecule has 1 aromatic rings. The van der Waals surface area contributed by atoms with Gasteiger partial charge in [-0.05, 0) is 18.6 Å². The number of halogens is 1. The fourth-order valence-electron chi connectivity index (χ4n) is 1.34.